The van der Waals surface area contributed by atoms with Crippen molar-refractivity contribution in [3.63, 3.8) is 0 Å². The van der Waals surface area contributed by atoms with Crippen LogP contribution in [0.2, 0.25) is 0 Å². The lowest BCUT2D eigenvalue weighted by Crippen LogP contribution is -2.28. The van der Waals surface area contributed by atoms with E-state index in [4.69, 9.17) is 18.0 Å². The number of H-pyrrole nitrogens is 1. The lowest BCUT2D eigenvalue weighted by Gasteiger charge is -2.08. The first kappa shape index (κ1) is 12.7. The zero-order valence-electron chi connectivity index (χ0n) is 9.49. The van der Waals surface area contributed by atoms with Crippen LogP contribution in [0, 0.1) is 10.7 Å². The molecule has 6 nitrogen and oxygen atoms in total. The van der Waals surface area contributed by atoms with Gasteiger partial charge in [-0.3, -0.25) is 9.36 Å². The normalized spacial score (nSPS) is 10.7. The summed E-state index contributed by atoms with van der Waals surface area (Å²) in [5.41, 5.74) is 5.57. The first-order valence-corrected chi connectivity index (χ1v) is 5.59. The van der Waals surface area contributed by atoms with Crippen LogP contribution in [0.4, 0.5) is 5.95 Å². The van der Waals surface area contributed by atoms with Gasteiger partial charge in [-0.1, -0.05) is 13.8 Å². The molecule has 0 unspecified atom stereocenters. The summed E-state index contributed by atoms with van der Waals surface area (Å²) in [4.78, 5) is 11.4. The molecule has 0 aliphatic carbocycles. The third kappa shape index (κ3) is 3.65. The van der Waals surface area contributed by atoms with Gasteiger partial charge in [-0.2, -0.15) is 0 Å². The van der Waals surface area contributed by atoms with Gasteiger partial charge < -0.3 is 11.1 Å². The van der Waals surface area contributed by atoms with Crippen LogP contribution in [0.5, 0.6) is 0 Å². The van der Waals surface area contributed by atoms with Crippen LogP contribution in [-0.4, -0.2) is 27.2 Å². The van der Waals surface area contributed by atoms with Gasteiger partial charge in [0, 0.05) is 19.5 Å². The highest BCUT2D eigenvalue weighted by Gasteiger charge is 2.06. The number of anilines is 1. The van der Waals surface area contributed by atoms with Crippen molar-refractivity contribution in [2.24, 2.45) is 5.92 Å². The van der Waals surface area contributed by atoms with E-state index in [1.54, 1.807) is 4.57 Å². The van der Waals surface area contributed by atoms with Crippen molar-refractivity contribution in [1.82, 2.24) is 20.1 Å². The van der Waals surface area contributed by atoms with E-state index in [1.165, 1.54) is 0 Å². The molecule has 0 bridgehead atoms. The Hall–Kier alpha value is -1.37. The van der Waals surface area contributed by atoms with Gasteiger partial charge in [0.2, 0.25) is 11.9 Å². The summed E-state index contributed by atoms with van der Waals surface area (Å²) >= 11 is 4.96. The van der Waals surface area contributed by atoms with Crippen LogP contribution < -0.4 is 11.1 Å². The summed E-state index contributed by atoms with van der Waals surface area (Å²) in [5, 5.41) is 9.16. The highest BCUT2D eigenvalue weighted by atomic mass is 32.1. The first-order valence-electron chi connectivity index (χ1n) is 5.18. The second kappa shape index (κ2) is 5.64. The fraction of sp³-hybridized carbons (Fsp3) is 0.667. The number of hydrogen-bond donors (Lipinski definition) is 3. The summed E-state index contributed by atoms with van der Waals surface area (Å²) in [6.07, 6.45) is 0.352. The SMILES string of the molecule is CC(C)CNC(=O)CCn1c(N)n[nH]c1=S. The minimum Gasteiger partial charge on any atom is -0.368 e. The predicted molar refractivity (Wildman–Crippen MR) is 64.3 cm³/mol. The summed E-state index contributed by atoms with van der Waals surface area (Å²) in [5.74, 6) is 0.753. The Balaban J connectivity index is 2.40. The molecule has 0 aliphatic rings. The highest BCUT2D eigenvalue weighted by molar-refractivity contribution is 7.71. The second-order valence-electron chi connectivity index (χ2n) is 3.99. The first-order chi connectivity index (χ1) is 7.50. The largest absolute Gasteiger partial charge is 0.368 e. The van der Waals surface area contributed by atoms with E-state index in [9.17, 15) is 4.79 Å². The van der Waals surface area contributed by atoms with Crippen molar-refractivity contribution in [1.29, 1.82) is 0 Å². The molecule has 7 heteroatoms. The molecular formula is C9H17N5OS. The summed E-state index contributed by atoms with van der Waals surface area (Å²) in [6.45, 7) is 5.23. The van der Waals surface area contributed by atoms with Gasteiger partial charge in [-0.25, -0.2) is 5.10 Å². The Bertz CT molecular complexity index is 408. The zero-order valence-corrected chi connectivity index (χ0v) is 10.3. The molecular weight excluding hydrogens is 226 g/mol. The van der Waals surface area contributed by atoms with Crippen molar-refractivity contribution >= 4 is 24.1 Å². The fourth-order valence-electron chi connectivity index (χ4n) is 1.17. The standard InChI is InChI=1S/C9H17N5OS/c1-6(2)5-11-7(15)3-4-14-8(10)12-13-9(14)16/h6H,3-5H2,1-2H3,(H2,10,12)(H,11,15)(H,13,16). The monoisotopic (exact) mass is 243 g/mol. The van der Waals surface area contributed by atoms with Crippen LogP contribution in [0.15, 0.2) is 0 Å². The second-order valence-corrected chi connectivity index (χ2v) is 4.37. The van der Waals surface area contributed by atoms with Gasteiger partial charge in [0.15, 0.2) is 4.77 Å². The maximum Gasteiger partial charge on any atom is 0.221 e. The van der Waals surface area contributed by atoms with Crippen molar-refractivity contribution in [2.45, 2.75) is 26.8 Å². The topological polar surface area (TPSA) is 88.7 Å². The molecule has 0 fully saturated rings. The molecule has 1 aromatic heterocycles. The molecule has 0 saturated carbocycles. The van der Waals surface area contributed by atoms with Gasteiger partial charge in [-0.05, 0) is 18.1 Å². The number of carbonyl (C=O) groups is 1. The van der Waals surface area contributed by atoms with Crippen molar-refractivity contribution < 1.29 is 4.79 Å². The maximum absolute atomic E-state index is 11.4. The molecule has 0 radical (unpaired) electrons. The molecule has 1 rings (SSSR count). The van der Waals surface area contributed by atoms with Crippen molar-refractivity contribution in [3.8, 4) is 0 Å². The Morgan fingerprint density at radius 3 is 2.88 bits per heavy atom. The quantitative estimate of drug-likeness (QED) is 0.664. The van der Waals surface area contributed by atoms with E-state index in [-0.39, 0.29) is 5.91 Å². The van der Waals surface area contributed by atoms with E-state index in [1.807, 2.05) is 13.8 Å². The number of rotatable bonds is 5. The summed E-state index contributed by atoms with van der Waals surface area (Å²) in [6, 6.07) is 0. The molecule has 16 heavy (non-hydrogen) atoms. The molecule has 4 N–H and O–H groups in total. The molecule has 0 spiro atoms. The number of aromatic nitrogens is 3. The maximum atomic E-state index is 11.4. The number of nitrogen functional groups attached to an aromatic ring is 1. The van der Waals surface area contributed by atoms with Crippen LogP contribution in [-0.2, 0) is 11.3 Å². The number of amides is 1. The minimum absolute atomic E-state index is 0.00352. The lowest BCUT2D eigenvalue weighted by molar-refractivity contribution is -0.121. The highest BCUT2D eigenvalue weighted by Crippen LogP contribution is 2.00. The number of nitrogens with zero attached hydrogens (tertiary/aromatic N) is 2. The third-order valence-electron chi connectivity index (χ3n) is 2.06. The molecule has 0 saturated heterocycles. The van der Waals surface area contributed by atoms with Crippen LogP contribution in [0.3, 0.4) is 0 Å². The van der Waals surface area contributed by atoms with E-state index < -0.39 is 0 Å². The van der Waals surface area contributed by atoms with E-state index in [0.717, 1.165) is 0 Å². The minimum atomic E-state index is -0.00352. The third-order valence-corrected chi connectivity index (χ3v) is 2.37. The lowest BCUT2D eigenvalue weighted by atomic mass is 10.2. The van der Waals surface area contributed by atoms with Crippen LogP contribution in [0.1, 0.15) is 20.3 Å². The molecule has 90 valence electrons. The number of carbonyl (C=O) groups excluding carboxylic acids is 1. The van der Waals surface area contributed by atoms with E-state index in [0.29, 0.717) is 36.1 Å². The smallest absolute Gasteiger partial charge is 0.221 e. The van der Waals surface area contributed by atoms with Crippen LogP contribution in [0.25, 0.3) is 0 Å². The van der Waals surface area contributed by atoms with Gasteiger partial charge >= 0.3 is 0 Å². The van der Waals surface area contributed by atoms with Gasteiger partial charge in [0.25, 0.3) is 0 Å². The zero-order chi connectivity index (χ0) is 12.1. The molecule has 1 heterocycles. The van der Waals surface area contributed by atoms with E-state index in [2.05, 4.69) is 15.5 Å². The van der Waals surface area contributed by atoms with Crippen molar-refractivity contribution in [2.75, 3.05) is 12.3 Å². The number of nitrogens with one attached hydrogen (secondary N) is 2. The van der Waals surface area contributed by atoms with Gasteiger partial charge in [0.05, 0.1) is 0 Å². The summed E-state index contributed by atoms with van der Waals surface area (Å²) < 4.78 is 2.04. The van der Waals surface area contributed by atoms with Crippen LogP contribution >= 0.6 is 12.2 Å². The van der Waals surface area contributed by atoms with E-state index >= 15 is 0 Å². The Kier molecular flexibility index (Phi) is 4.48. The average Bonchev–Trinajstić information content (AvgIpc) is 2.53. The number of nitrogens with two attached hydrogens (primary N) is 1. The Morgan fingerprint density at radius 2 is 2.38 bits per heavy atom. The predicted octanol–water partition coefficient (Wildman–Crippen LogP) is 0.685. The Morgan fingerprint density at radius 1 is 1.69 bits per heavy atom. The number of hydrogen-bond acceptors (Lipinski definition) is 4. The Labute approximate surface area is 99.2 Å². The molecule has 1 aromatic rings. The molecule has 1 amide bonds. The van der Waals surface area contributed by atoms with Crippen molar-refractivity contribution in [3.05, 3.63) is 4.77 Å². The summed E-state index contributed by atoms with van der Waals surface area (Å²) in [7, 11) is 0. The van der Waals surface area contributed by atoms with Gasteiger partial charge in [-0.15, -0.1) is 5.10 Å². The molecule has 0 aromatic carbocycles. The van der Waals surface area contributed by atoms with Gasteiger partial charge in [0.1, 0.15) is 0 Å². The molecule has 0 aliphatic heterocycles. The molecule has 0 atom stereocenters. The fourth-order valence-corrected chi connectivity index (χ4v) is 1.40. The average molecular weight is 243 g/mol. The number of aromatic amines is 1.